The van der Waals surface area contributed by atoms with Crippen LogP contribution in [-0.2, 0) is 9.57 Å². The summed E-state index contributed by atoms with van der Waals surface area (Å²) < 4.78 is 10.3. The number of rotatable bonds is 7. The van der Waals surface area contributed by atoms with Gasteiger partial charge in [-0.15, -0.1) is 0 Å². The van der Waals surface area contributed by atoms with Gasteiger partial charge in [0.1, 0.15) is 5.75 Å². The van der Waals surface area contributed by atoms with Crippen LogP contribution in [0.2, 0.25) is 0 Å². The highest BCUT2D eigenvalue weighted by atomic mass is 16.7. The molecule has 1 aromatic carbocycles. The molecule has 0 saturated heterocycles. The van der Waals surface area contributed by atoms with Gasteiger partial charge in [0.2, 0.25) is 0 Å². The van der Waals surface area contributed by atoms with E-state index in [0.29, 0.717) is 25.2 Å². The number of ether oxygens (including phenoxy) is 2. The van der Waals surface area contributed by atoms with Gasteiger partial charge in [-0.2, -0.15) is 5.48 Å². The van der Waals surface area contributed by atoms with Gasteiger partial charge in [0.05, 0.1) is 20.3 Å². The Balaban J connectivity index is 1.75. The summed E-state index contributed by atoms with van der Waals surface area (Å²) in [6.45, 7) is 1.21. The molecular formula is C14H21NO3. The van der Waals surface area contributed by atoms with Crippen molar-refractivity contribution in [3.8, 4) is 5.75 Å². The maximum atomic E-state index is 5.38. The van der Waals surface area contributed by atoms with Crippen LogP contribution < -0.4 is 10.2 Å². The number of methoxy groups -OCH3 is 2. The van der Waals surface area contributed by atoms with Gasteiger partial charge in [-0.25, -0.2) is 0 Å². The molecule has 100 valence electrons. The topological polar surface area (TPSA) is 39.7 Å². The smallest absolute Gasteiger partial charge is 0.122 e. The molecule has 0 radical (unpaired) electrons. The van der Waals surface area contributed by atoms with E-state index < -0.39 is 0 Å². The lowest BCUT2D eigenvalue weighted by atomic mass is 9.76. The Morgan fingerprint density at radius 1 is 1.17 bits per heavy atom. The standard InChI is InChI=1S/C14H21NO3/c1-16-7-8-18-15-12-9-11(10-12)13-5-3-4-6-14(13)17-2/h3-6,11-12,15H,7-10H2,1-2H3. The van der Waals surface area contributed by atoms with Gasteiger partial charge in [0.15, 0.2) is 0 Å². The molecule has 2 rings (SSSR count). The number of para-hydroxylation sites is 1. The molecule has 0 amide bonds. The monoisotopic (exact) mass is 251 g/mol. The normalized spacial score (nSPS) is 22.6. The van der Waals surface area contributed by atoms with Gasteiger partial charge in [-0.3, -0.25) is 4.84 Å². The molecule has 4 nitrogen and oxygen atoms in total. The second kappa shape index (κ2) is 6.73. The lowest BCUT2D eigenvalue weighted by molar-refractivity contribution is -0.0304. The summed E-state index contributed by atoms with van der Waals surface area (Å²) in [5.41, 5.74) is 4.37. The van der Waals surface area contributed by atoms with E-state index in [1.165, 1.54) is 5.56 Å². The largest absolute Gasteiger partial charge is 0.496 e. The average Bonchev–Trinajstić information content (AvgIpc) is 2.36. The van der Waals surface area contributed by atoms with Crippen LogP contribution in [-0.4, -0.2) is 33.5 Å². The minimum absolute atomic E-state index is 0.441. The predicted octanol–water partition coefficient (Wildman–Crippen LogP) is 2.11. The fourth-order valence-corrected chi connectivity index (χ4v) is 2.27. The first kappa shape index (κ1) is 13.3. The summed E-state index contributed by atoms with van der Waals surface area (Å²) >= 11 is 0. The maximum Gasteiger partial charge on any atom is 0.122 e. The molecule has 0 unspecified atom stereocenters. The van der Waals surface area contributed by atoms with Gasteiger partial charge in [0, 0.05) is 13.2 Å². The molecule has 1 aromatic rings. The molecule has 4 heteroatoms. The quantitative estimate of drug-likeness (QED) is 0.595. The van der Waals surface area contributed by atoms with E-state index >= 15 is 0 Å². The average molecular weight is 251 g/mol. The second-order valence-corrected chi connectivity index (χ2v) is 4.57. The Labute approximate surface area is 108 Å². The van der Waals surface area contributed by atoms with Gasteiger partial charge in [-0.05, 0) is 30.4 Å². The van der Waals surface area contributed by atoms with Crippen molar-refractivity contribution >= 4 is 0 Å². The highest BCUT2D eigenvalue weighted by molar-refractivity contribution is 5.37. The van der Waals surface area contributed by atoms with Crippen molar-refractivity contribution in [3.05, 3.63) is 29.8 Å². The Hall–Kier alpha value is -1.10. The minimum Gasteiger partial charge on any atom is -0.496 e. The molecule has 0 spiro atoms. The molecule has 0 aliphatic heterocycles. The molecule has 1 fully saturated rings. The zero-order valence-corrected chi connectivity index (χ0v) is 11.0. The summed E-state index contributed by atoms with van der Waals surface area (Å²) in [5.74, 6) is 1.56. The molecule has 0 atom stereocenters. The predicted molar refractivity (Wildman–Crippen MR) is 69.7 cm³/mol. The summed E-state index contributed by atoms with van der Waals surface area (Å²) in [4.78, 5) is 5.31. The van der Waals surface area contributed by atoms with E-state index in [2.05, 4.69) is 17.6 Å². The molecule has 0 heterocycles. The van der Waals surface area contributed by atoms with E-state index in [4.69, 9.17) is 14.3 Å². The first-order chi connectivity index (χ1) is 8.85. The Bertz CT molecular complexity index is 364. The van der Waals surface area contributed by atoms with Crippen molar-refractivity contribution < 1.29 is 14.3 Å². The number of hydrogen-bond donors (Lipinski definition) is 1. The fraction of sp³-hybridized carbons (Fsp3) is 0.571. The van der Waals surface area contributed by atoms with Gasteiger partial charge in [0.25, 0.3) is 0 Å². The van der Waals surface area contributed by atoms with Crippen LogP contribution >= 0.6 is 0 Å². The fourth-order valence-electron chi connectivity index (χ4n) is 2.27. The summed E-state index contributed by atoms with van der Waals surface area (Å²) in [6, 6.07) is 8.67. The van der Waals surface area contributed by atoms with Crippen LogP contribution in [0.4, 0.5) is 0 Å². The van der Waals surface area contributed by atoms with Crippen LogP contribution in [0.15, 0.2) is 24.3 Å². The minimum atomic E-state index is 0.441. The number of nitrogens with one attached hydrogen (secondary N) is 1. The van der Waals surface area contributed by atoms with Crippen LogP contribution in [0.25, 0.3) is 0 Å². The third-order valence-corrected chi connectivity index (χ3v) is 3.36. The Kier molecular flexibility index (Phi) is 4.99. The van der Waals surface area contributed by atoms with Crippen molar-refractivity contribution in [1.82, 2.24) is 5.48 Å². The second-order valence-electron chi connectivity index (χ2n) is 4.57. The molecule has 1 aliphatic rings. The zero-order valence-electron chi connectivity index (χ0n) is 11.0. The van der Waals surface area contributed by atoms with Crippen LogP contribution in [0.3, 0.4) is 0 Å². The van der Waals surface area contributed by atoms with Crippen LogP contribution in [0, 0.1) is 0 Å². The Morgan fingerprint density at radius 2 is 1.94 bits per heavy atom. The lowest BCUT2D eigenvalue weighted by Crippen LogP contribution is -2.40. The lowest BCUT2D eigenvalue weighted by Gasteiger charge is -2.36. The molecule has 18 heavy (non-hydrogen) atoms. The van der Waals surface area contributed by atoms with E-state index in [-0.39, 0.29) is 0 Å². The van der Waals surface area contributed by atoms with Crippen LogP contribution in [0.1, 0.15) is 24.3 Å². The van der Waals surface area contributed by atoms with Crippen molar-refractivity contribution in [3.63, 3.8) is 0 Å². The maximum absolute atomic E-state index is 5.38. The molecule has 1 aliphatic carbocycles. The van der Waals surface area contributed by atoms with Crippen molar-refractivity contribution in [2.45, 2.75) is 24.8 Å². The first-order valence-corrected chi connectivity index (χ1v) is 6.34. The third-order valence-electron chi connectivity index (χ3n) is 3.36. The highest BCUT2D eigenvalue weighted by Crippen LogP contribution is 2.40. The number of hydrogen-bond acceptors (Lipinski definition) is 4. The van der Waals surface area contributed by atoms with Gasteiger partial charge < -0.3 is 9.47 Å². The number of hydroxylamine groups is 1. The summed E-state index contributed by atoms with van der Waals surface area (Å²) in [7, 11) is 3.39. The summed E-state index contributed by atoms with van der Waals surface area (Å²) in [5, 5.41) is 0. The van der Waals surface area contributed by atoms with E-state index in [0.717, 1.165) is 18.6 Å². The van der Waals surface area contributed by atoms with Gasteiger partial charge in [-0.1, -0.05) is 18.2 Å². The Morgan fingerprint density at radius 3 is 2.67 bits per heavy atom. The van der Waals surface area contributed by atoms with E-state index in [1.54, 1.807) is 14.2 Å². The van der Waals surface area contributed by atoms with E-state index in [9.17, 15) is 0 Å². The molecule has 1 N–H and O–H groups in total. The molecule has 0 aromatic heterocycles. The number of benzene rings is 1. The SMILES string of the molecule is COCCONC1CC(c2ccccc2OC)C1. The van der Waals surface area contributed by atoms with Gasteiger partial charge >= 0.3 is 0 Å². The van der Waals surface area contributed by atoms with Crippen molar-refractivity contribution in [2.24, 2.45) is 0 Å². The molecule has 0 bridgehead atoms. The highest BCUT2D eigenvalue weighted by Gasteiger charge is 2.32. The molecular weight excluding hydrogens is 230 g/mol. The zero-order chi connectivity index (χ0) is 12.8. The first-order valence-electron chi connectivity index (χ1n) is 6.34. The van der Waals surface area contributed by atoms with Crippen LogP contribution in [0.5, 0.6) is 5.75 Å². The third kappa shape index (κ3) is 3.22. The molecule has 1 saturated carbocycles. The van der Waals surface area contributed by atoms with E-state index in [1.807, 2.05) is 12.1 Å². The van der Waals surface area contributed by atoms with Crippen molar-refractivity contribution in [1.29, 1.82) is 0 Å². The summed E-state index contributed by atoms with van der Waals surface area (Å²) in [6.07, 6.45) is 2.18. The van der Waals surface area contributed by atoms with Crippen molar-refractivity contribution in [2.75, 3.05) is 27.4 Å².